The number of hydrogen-bond donors (Lipinski definition) is 2. The summed E-state index contributed by atoms with van der Waals surface area (Å²) in [6.45, 7) is 3.50. The highest BCUT2D eigenvalue weighted by molar-refractivity contribution is 5.76. The second-order valence-electron chi connectivity index (χ2n) is 3.29. The molecule has 78 valence electrons. The van der Waals surface area contributed by atoms with Crippen LogP contribution in [0.1, 0.15) is 26.7 Å². The van der Waals surface area contributed by atoms with Gasteiger partial charge in [0.15, 0.2) is 0 Å². The van der Waals surface area contributed by atoms with Crippen molar-refractivity contribution in [3.05, 3.63) is 0 Å². The molecule has 0 aromatic carbocycles. The van der Waals surface area contributed by atoms with Crippen molar-refractivity contribution in [1.82, 2.24) is 0 Å². The molecule has 0 amide bonds. The minimum atomic E-state index is -0.796. The smallest absolute Gasteiger partial charge is 0.314 e. The number of hydrogen-bond acceptors (Lipinski definition) is 4. The van der Waals surface area contributed by atoms with Crippen LogP contribution in [-0.4, -0.2) is 36.0 Å². The van der Waals surface area contributed by atoms with Gasteiger partial charge < -0.3 is 14.9 Å². The number of carbonyl (C=O) groups excluding carboxylic acids is 1. The summed E-state index contributed by atoms with van der Waals surface area (Å²) in [5.41, 5.74) is -0.796. The predicted molar refractivity (Wildman–Crippen MR) is 48.1 cm³/mol. The molecule has 0 spiro atoms. The molecular weight excluding hydrogens is 172 g/mol. The third-order valence-corrected chi connectivity index (χ3v) is 2.16. The highest BCUT2D eigenvalue weighted by Gasteiger charge is 2.31. The number of carbonyl (C=O) groups is 1. The fraction of sp³-hybridized carbons (Fsp3) is 0.889. The second kappa shape index (κ2) is 5.94. The van der Waals surface area contributed by atoms with Gasteiger partial charge in [-0.2, -0.15) is 0 Å². The van der Waals surface area contributed by atoms with Crippen LogP contribution in [0.25, 0.3) is 0 Å². The summed E-state index contributed by atoms with van der Waals surface area (Å²) in [5.74, 6) is -0.397. The van der Waals surface area contributed by atoms with Crippen LogP contribution >= 0.6 is 0 Å². The van der Waals surface area contributed by atoms with E-state index in [1.165, 1.54) is 0 Å². The molecule has 2 N–H and O–H groups in total. The Hall–Kier alpha value is -0.610. The molecule has 1 atom stereocenters. The lowest BCUT2D eigenvalue weighted by atomic mass is 9.89. The fourth-order valence-corrected chi connectivity index (χ4v) is 0.724. The average molecular weight is 190 g/mol. The zero-order valence-corrected chi connectivity index (χ0v) is 8.25. The van der Waals surface area contributed by atoms with Gasteiger partial charge in [0.05, 0.1) is 18.6 Å². The van der Waals surface area contributed by atoms with Gasteiger partial charge in [0.2, 0.25) is 0 Å². The minimum Gasteiger partial charge on any atom is -0.465 e. The summed E-state index contributed by atoms with van der Waals surface area (Å²) in [6, 6.07) is 0. The van der Waals surface area contributed by atoms with E-state index in [0.29, 0.717) is 12.8 Å². The van der Waals surface area contributed by atoms with E-state index in [2.05, 4.69) is 0 Å². The summed E-state index contributed by atoms with van der Waals surface area (Å²) in [5, 5.41) is 17.4. The van der Waals surface area contributed by atoms with Crippen molar-refractivity contribution in [2.75, 3.05) is 19.8 Å². The zero-order valence-electron chi connectivity index (χ0n) is 8.25. The Kier molecular flexibility index (Phi) is 5.66. The number of rotatable bonds is 6. The van der Waals surface area contributed by atoms with Gasteiger partial charge in [-0.15, -0.1) is 0 Å². The molecule has 1 unspecified atom stereocenters. The molecule has 0 bridgehead atoms. The molecule has 4 nitrogen and oxygen atoms in total. The van der Waals surface area contributed by atoms with E-state index in [0.717, 1.165) is 0 Å². The molecule has 0 aliphatic rings. The topological polar surface area (TPSA) is 66.8 Å². The molecule has 13 heavy (non-hydrogen) atoms. The van der Waals surface area contributed by atoms with Crippen LogP contribution < -0.4 is 0 Å². The number of esters is 1. The Morgan fingerprint density at radius 2 is 2.08 bits per heavy atom. The van der Waals surface area contributed by atoms with E-state index in [9.17, 15) is 4.79 Å². The van der Waals surface area contributed by atoms with Crippen molar-refractivity contribution in [1.29, 1.82) is 0 Å². The number of aliphatic hydroxyl groups is 2. The van der Waals surface area contributed by atoms with Crippen LogP contribution in [0.4, 0.5) is 0 Å². The van der Waals surface area contributed by atoms with E-state index in [1.54, 1.807) is 6.92 Å². The summed E-state index contributed by atoms with van der Waals surface area (Å²) in [6.07, 6.45) is 0.985. The first-order chi connectivity index (χ1) is 6.10. The van der Waals surface area contributed by atoms with Gasteiger partial charge in [-0.3, -0.25) is 4.79 Å². The normalized spacial score (nSPS) is 15.1. The van der Waals surface area contributed by atoms with Gasteiger partial charge in [0, 0.05) is 13.0 Å². The summed E-state index contributed by atoms with van der Waals surface area (Å²) in [7, 11) is 0. The summed E-state index contributed by atoms with van der Waals surface area (Å²) >= 11 is 0. The van der Waals surface area contributed by atoms with Crippen molar-refractivity contribution >= 4 is 5.97 Å². The van der Waals surface area contributed by atoms with Crippen LogP contribution in [-0.2, 0) is 9.53 Å². The molecule has 0 heterocycles. The van der Waals surface area contributed by atoms with Gasteiger partial charge in [0.25, 0.3) is 0 Å². The van der Waals surface area contributed by atoms with E-state index in [-0.39, 0.29) is 19.8 Å². The molecule has 0 aromatic heterocycles. The lowest BCUT2D eigenvalue weighted by molar-refractivity contribution is -0.157. The van der Waals surface area contributed by atoms with Crippen LogP contribution in [0.5, 0.6) is 0 Å². The van der Waals surface area contributed by atoms with Crippen molar-refractivity contribution in [3.63, 3.8) is 0 Å². The van der Waals surface area contributed by atoms with E-state index < -0.39 is 11.4 Å². The Morgan fingerprint density at radius 1 is 1.46 bits per heavy atom. The zero-order chi connectivity index (χ0) is 10.3. The van der Waals surface area contributed by atoms with Gasteiger partial charge in [0.1, 0.15) is 0 Å². The fourth-order valence-electron chi connectivity index (χ4n) is 0.724. The highest BCUT2D eigenvalue weighted by Crippen LogP contribution is 2.21. The summed E-state index contributed by atoms with van der Waals surface area (Å²) in [4.78, 5) is 11.3. The summed E-state index contributed by atoms with van der Waals surface area (Å²) < 4.78 is 4.87. The van der Waals surface area contributed by atoms with Crippen molar-refractivity contribution in [3.8, 4) is 0 Å². The minimum absolute atomic E-state index is 0.00917. The van der Waals surface area contributed by atoms with Crippen LogP contribution in [0.15, 0.2) is 0 Å². The molecule has 0 aromatic rings. The molecule has 0 fully saturated rings. The molecule has 0 aliphatic heterocycles. The Bertz CT molecular complexity index is 152. The Morgan fingerprint density at radius 3 is 2.46 bits per heavy atom. The third-order valence-electron chi connectivity index (χ3n) is 2.16. The largest absolute Gasteiger partial charge is 0.465 e. The quantitative estimate of drug-likeness (QED) is 0.467. The molecule has 0 rings (SSSR count). The van der Waals surface area contributed by atoms with Crippen molar-refractivity contribution in [2.24, 2.45) is 5.41 Å². The lowest BCUT2D eigenvalue weighted by Gasteiger charge is -2.22. The number of aliphatic hydroxyl groups excluding tert-OH is 2. The molecule has 0 aliphatic carbocycles. The van der Waals surface area contributed by atoms with Gasteiger partial charge in [-0.25, -0.2) is 0 Å². The second-order valence-corrected chi connectivity index (χ2v) is 3.29. The predicted octanol–water partition coefficient (Wildman–Crippen LogP) is 0.321. The van der Waals surface area contributed by atoms with E-state index >= 15 is 0 Å². The monoisotopic (exact) mass is 190 g/mol. The SMILES string of the molecule is CCC(C)(CO)C(=O)OCCCO. The molecule has 0 saturated carbocycles. The standard InChI is InChI=1S/C9H18O4/c1-3-9(2,7-11)8(12)13-6-4-5-10/h10-11H,3-7H2,1-2H3. The van der Waals surface area contributed by atoms with Gasteiger partial charge in [-0.05, 0) is 13.3 Å². The van der Waals surface area contributed by atoms with Crippen LogP contribution in [0.2, 0.25) is 0 Å². The molecular formula is C9H18O4. The molecule has 4 heteroatoms. The first-order valence-corrected chi connectivity index (χ1v) is 4.49. The van der Waals surface area contributed by atoms with Crippen molar-refractivity contribution < 1.29 is 19.7 Å². The lowest BCUT2D eigenvalue weighted by Crippen LogP contribution is -2.33. The Labute approximate surface area is 78.5 Å². The molecule has 0 saturated heterocycles. The van der Waals surface area contributed by atoms with E-state index in [1.807, 2.05) is 6.92 Å². The van der Waals surface area contributed by atoms with Gasteiger partial charge >= 0.3 is 5.97 Å². The highest BCUT2D eigenvalue weighted by atomic mass is 16.5. The average Bonchev–Trinajstić information content (AvgIpc) is 2.17. The first-order valence-electron chi connectivity index (χ1n) is 4.49. The van der Waals surface area contributed by atoms with Crippen molar-refractivity contribution in [2.45, 2.75) is 26.7 Å². The molecule has 0 radical (unpaired) electrons. The van der Waals surface area contributed by atoms with E-state index in [4.69, 9.17) is 14.9 Å². The maximum atomic E-state index is 11.3. The third kappa shape index (κ3) is 3.74. The first kappa shape index (κ1) is 12.4. The van der Waals surface area contributed by atoms with Crippen LogP contribution in [0, 0.1) is 5.41 Å². The maximum absolute atomic E-state index is 11.3. The Balaban J connectivity index is 3.92. The van der Waals surface area contributed by atoms with Crippen LogP contribution in [0.3, 0.4) is 0 Å². The van der Waals surface area contributed by atoms with Gasteiger partial charge in [-0.1, -0.05) is 6.92 Å². The maximum Gasteiger partial charge on any atom is 0.314 e. The number of ether oxygens (including phenoxy) is 1.